The number of carboxylic acids is 1. The van der Waals surface area contributed by atoms with E-state index in [-0.39, 0.29) is 19.6 Å². The number of hydrogen-bond acceptors (Lipinski definition) is 7. The van der Waals surface area contributed by atoms with E-state index >= 15 is 0 Å². The summed E-state index contributed by atoms with van der Waals surface area (Å²) in [6.07, 6.45) is 3.81. The molecule has 9 nitrogen and oxygen atoms in total. The molecule has 1 aliphatic rings. The molecule has 0 spiro atoms. The normalized spacial score (nSPS) is 21.8. The molecule has 0 bridgehead atoms. The van der Waals surface area contributed by atoms with Crippen LogP contribution in [0.5, 0.6) is 0 Å². The Kier molecular flexibility index (Phi) is 7.16. The monoisotopic (exact) mass is 511 g/mol. The van der Waals surface area contributed by atoms with Crippen LogP contribution in [-0.4, -0.2) is 48.7 Å². The van der Waals surface area contributed by atoms with Crippen molar-refractivity contribution in [3.63, 3.8) is 0 Å². The standard InChI is InChI=1S/C26H29N3O6S/c1-25(2,3)35-23(32)26(16-28-12-11-27-17-28)14-19(22(30)31)21(20-10-7-13-36-20)29(26)24(33)34-15-18-8-5-4-6-9-18/h4-13,17,19,21H,14-16H2,1-3H3,(H,30,31)/t19-,21-,26-/m1/s1. The molecule has 1 saturated heterocycles. The summed E-state index contributed by atoms with van der Waals surface area (Å²) in [5.74, 6) is -2.85. The largest absolute Gasteiger partial charge is 0.481 e. The molecule has 1 N–H and O–H groups in total. The van der Waals surface area contributed by atoms with Crippen molar-refractivity contribution in [3.05, 3.63) is 77.0 Å². The number of carboxylic acid groups (broad SMARTS) is 1. The molecule has 1 amide bonds. The molecule has 3 atom stereocenters. The van der Waals surface area contributed by atoms with Gasteiger partial charge in [-0.05, 0) is 44.2 Å². The minimum absolute atomic E-state index is 0.0272. The highest BCUT2D eigenvalue weighted by Crippen LogP contribution is 2.50. The Bertz CT molecular complexity index is 1190. The highest BCUT2D eigenvalue weighted by Gasteiger charge is 2.63. The number of aliphatic carboxylic acids is 1. The van der Waals surface area contributed by atoms with Crippen molar-refractivity contribution < 1.29 is 29.0 Å². The molecule has 3 aromatic rings. The van der Waals surface area contributed by atoms with Gasteiger partial charge in [-0.25, -0.2) is 14.6 Å². The summed E-state index contributed by atoms with van der Waals surface area (Å²) in [6, 6.07) is 11.8. The van der Waals surface area contributed by atoms with Crippen molar-refractivity contribution in [2.75, 3.05) is 0 Å². The first-order valence-electron chi connectivity index (χ1n) is 11.6. The van der Waals surface area contributed by atoms with E-state index in [9.17, 15) is 19.5 Å². The first-order chi connectivity index (χ1) is 17.1. The van der Waals surface area contributed by atoms with Crippen molar-refractivity contribution in [3.8, 4) is 0 Å². The highest BCUT2D eigenvalue weighted by atomic mass is 32.1. The molecule has 0 aliphatic carbocycles. The molecular formula is C26H29N3O6S. The van der Waals surface area contributed by atoms with E-state index in [1.165, 1.54) is 22.6 Å². The number of aromatic nitrogens is 2. The zero-order valence-electron chi connectivity index (χ0n) is 20.4. The van der Waals surface area contributed by atoms with Crippen LogP contribution < -0.4 is 0 Å². The number of carbonyl (C=O) groups excluding carboxylic acids is 2. The Balaban J connectivity index is 1.82. The third kappa shape index (κ3) is 5.28. The van der Waals surface area contributed by atoms with Crippen molar-refractivity contribution in [1.29, 1.82) is 0 Å². The van der Waals surface area contributed by atoms with Crippen LogP contribution in [0.3, 0.4) is 0 Å². The zero-order valence-corrected chi connectivity index (χ0v) is 21.2. The summed E-state index contributed by atoms with van der Waals surface area (Å²) >= 11 is 1.33. The molecule has 10 heteroatoms. The second-order valence-corrected chi connectivity index (χ2v) is 10.8. The molecule has 1 aromatic carbocycles. The lowest BCUT2D eigenvalue weighted by molar-refractivity contribution is -0.169. The van der Waals surface area contributed by atoms with Crippen molar-refractivity contribution in [1.82, 2.24) is 14.5 Å². The number of carbonyl (C=O) groups is 3. The Labute approximate surface area is 213 Å². The van der Waals surface area contributed by atoms with Gasteiger partial charge in [0.2, 0.25) is 0 Å². The third-order valence-corrected chi connectivity index (χ3v) is 6.96. The Hall–Kier alpha value is -3.66. The van der Waals surface area contributed by atoms with Crippen LogP contribution in [0.4, 0.5) is 4.79 Å². The van der Waals surface area contributed by atoms with E-state index in [4.69, 9.17) is 9.47 Å². The van der Waals surface area contributed by atoms with Gasteiger partial charge in [0.15, 0.2) is 5.54 Å². The number of benzene rings is 1. The predicted molar refractivity (Wildman–Crippen MR) is 132 cm³/mol. The first-order valence-corrected chi connectivity index (χ1v) is 12.4. The van der Waals surface area contributed by atoms with E-state index < -0.39 is 41.1 Å². The van der Waals surface area contributed by atoms with Crippen LogP contribution in [0.15, 0.2) is 66.6 Å². The smallest absolute Gasteiger partial charge is 0.411 e. The first kappa shape index (κ1) is 25.4. The van der Waals surface area contributed by atoms with Crippen LogP contribution in [0.2, 0.25) is 0 Å². The van der Waals surface area contributed by atoms with Gasteiger partial charge in [-0.1, -0.05) is 36.4 Å². The number of thiophene rings is 1. The van der Waals surface area contributed by atoms with Gasteiger partial charge in [-0.15, -0.1) is 11.3 Å². The number of esters is 1. The molecule has 36 heavy (non-hydrogen) atoms. The number of imidazole rings is 1. The molecule has 0 radical (unpaired) electrons. The maximum absolute atomic E-state index is 13.9. The highest BCUT2D eigenvalue weighted by molar-refractivity contribution is 7.10. The molecule has 4 rings (SSSR count). The lowest BCUT2D eigenvalue weighted by atomic mass is 9.90. The Morgan fingerprint density at radius 2 is 1.92 bits per heavy atom. The fourth-order valence-corrected chi connectivity index (χ4v) is 5.43. The van der Waals surface area contributed by atoms with Gasteiger partial charge in [0.05, 0.1) is 24.8 Å². The second kappa shape index (κ2) is 10.1. The van der Waals surface area contributed by atoms with Gasteiger partial charge in [0, 0.05) is 17.3 Å². The summed E-state index contributed by atoms with van der Waals surface area (Å²) in [7, 11) is 0. The zero-order chi connectivity index (χ0) is 25.9. The van der Waals surface area contributed by atoms with Gasteiger partial charge >= 0.3 is 18.0 Å². The predicted octanol–water partition coefficient (Wildman–Crippen LogP) is 4.51. The van der Waals surface area contributed by atoms with Crippen molar-refractivity contribution >= 4 is 29.4 Å². The van der Waals surface area contributed by atoms with Crippen LogP contribution in [0.25, 0.3) is 0 Å². The van der Waals surface area contributed by atoms with Crippen LogP contribution in [0, 0.1) is 5.92 Å². The minimum atomic E-state index is -1.64. The van der Waals surface area contributed by atoms with Crippen molar-refractivity contribution in [2.45, 2.75) is 57.5 Å². The molecular weight excluding hydrogens is 482 g/mol. The molecule has 0 saturated carbocycles. The van der Waals surface area contributed by atoms with Gasteiger partial charge in [-0.3, -0.25) is 9.69 Å². The van der Waals surface area contributed by atoms with Crippen molar-refractivity contribution in [2.24, 2.45) is 5.92 Å². The number of amides is 1. The summed E-state index contributed by atoms with van der Waals surface area (Å²) in [6.45, 7) is 5.13. The molecule has 1 fully saturated rings. The molecule has 2 aromatic heterocycles. The number of likely N-dealkylation sites (tertiary alicyclic amines) is 1. The molecule has 1 aliphatic heterocycles. The van der Waals surface area contributed by atoms with E-state index in [0.29, 0.717) is 4.88 Å². The Morgan fingerprint density at radius 1 is 1.17 bits per heavy atom. The van der Waals surface area contributed by atoms with Gasteiger partial charge < -0.3 is 19.1 Å². The second-order valence-electron chi connectivity index (χ2n) is 9.79. The quantitative estimate of drug-likeness (QED) is 0.465. The summed E-state index contributed by atoms with van der Waals surface area (Å²) in [4.78, 5) is 46.2. The number of rotatable bonds is 7. The van der Waals surface area contributed by atoms with E-state index in [1.807, 2.05) is 35.7 Å². The lowest BCUT2D eigenvalue weighted by Crippen LogP contribution is -2.58. The van der Waals surface area contributed by atoms with Gasteiger partial charge in [-0.2, -0.15) is 0 Å². The van der Waals surface area contributed by atoms with Crippen LogP contribution in [-0.2, 0) is 32.2 Å². The summed E-state index contributed by atoms with van der Waals surface area (Å²) in [5, 5.41) is 12.0. The van der Waals surface area contributed by atoms with Gasteiger partial charge in [0.1, 0.15) is 12.2 Å². The summed E-state index contributed by atoms with van der Waals surface area (Å²) in [5.41, 5.74) is -1.73. The summed E-state index contributed by atoms with van der Waals surface area (Å²) < 4.78 is 13.1. The SMILES string of the molecule is CC(C)(C)OC(=O)[C@]1(Cn2ccnc2)C[C@@H](C(=O)O)[C@H](c2cccs2)N1C(=O)OCc1ccccc1. The van der Waals surface area contributed by atoms with Crippen LogP contribution >= 0.6 is 11.3 Å². The molecule has 190 valence electrons. The molecule has 3 heterocycles. The average Bonchev–Trinajstić information content (AvgIpc) is 3.58. The topological polar surface area (TPSA) is 111 Å². The van der Waals surface area contributed by atoms with E-state index in [1.54, 1.807) is 49.9 Å². The third-order valence-electron chi connectivity index (χ3n) is 6.01. The maximum atomic E-state index is 13.9. The number of nitrogens with zero attached hydrogens (tertiary/aromatic N) is 3. The lowest BCUT2D eigenvalue weighted by Gasteiger charge is -2.39. The number of hydrogen-bond donors (Lipinski definition) is 1. The van der Waals surface area contributed by atoms with E-state index in [2.05, 4.69) is 4.98 Å². The maximum Gasteiger partial charge on any atom is 0.411 e. The van der Waals surface area contributed by atoms with Crippen LogP contribution in [0.1, 0.15) is 43.7 Å². The fraction of sp³-hybridized carbons (Fsp3) is 0.385. The van der Waals surface area contributed by atoms with E-state index in [0.717, 1.165) is 5.56 Å². The van der Waals surface area contributed by atoms with Gasteiger partial charge in [0.25, 0.3) is 0 Å². The number of ether oxygens (including phenoxy) is 2. The average molecular weight is 512 g/mol. The minimum Gasteiger partial charge on any atom is -0.481 e. The Morgan fingerprint density at radius 3 is 2.50 bits per heavy atom. The molecule has 0 unspecified atom stereocenters. The fourth-order valence-electron chi connectivity index (χ4n) is 4.55.